The maximum absolute atomic E-state index is 5.18. The van der Waals surface area contributed by atoms with Gasteiger partial charge in [-0.05, 0) is 38.2 Å². The summed E-state index contributed by atoms with van der Waals surface area (Å²) in [5.74, 6) is 0.865. The third-order valence-corrected chi connectivity index (χ3v) is 3.23. The first-order chi connectivity index (χ1) is 8.67. The molecule has 1 heterocycles. The monoisotopic (exact) mass is 245 g/mol. The van der Waals surface area contributed by atoms with Crippen LogP contribution in [0.2, 0.25) is 0 Å². The fourth-order valence-corrected chi connectivity index (χ4v) is 2.03. The van der Waals surface area contributed by atoms with Gasteiger partial charge in [-0.2, -0.15) is 5.10 Å². The van der Waals surface area contributed by atoms with Crippen LogP contribution in [0.5, 0.6) is 5.75 Å². The minimum atomic E-state index is 0.274. The number of ether oxygens (including phenoxy) is 1. The van der Waals surface area contributed by atoms with E-state index in [9.17, 15) is 0 Å². The highest BCUT2D eigenvalue weighted by molar-refractivity contribution is 5.64. The highest BCUT2D eigenvalue weighted by atomic mass is 16.5. The van der Waals surface area contributed by atoms with Crippen molar-refractivity contribution in [3.63, 3.8) is 0 Å². The van der Waals surface area contributed by atoms with Crippen molar-refractivity contribution in [3.05, 3.63) is 36.0 Å². The number of hydrogen-bond donors (Lipinski definition) is 1. The standard InChI is InChI=1S/C14H19N3O/c1-10(15-2)13-9-16-17(3)14(13)11-5-7-12(18-4)8-6-11/h5-10,15H,1-4H3. The first kappa shape index (κ1) is 12.6. The van der Waals surface area contributed by atoms with Crippen LogP contribution in [0.4, 0.5) is 0 Å². The lowest BCUT2D eigenvalue weighted by molar-refractivity contribution is 0.415. The number of aryl methyl sites for hydroxylation is 1. The number of hydrogen-bond acceptors (Lipinski definition) is 3. The lowest BCUT2D eigenvalue weighted by Crippen LogP contribution is -2.13. The van der Waals surface area contributed by atoms with E-state index in [4.69, 9.17) is 4.74 Å². The van der Waals surface area contributed by atoms with Gasteiger partial charge in [0.1, 0.15) is 5.75 Å². The van der Waals surface area contributed by atoms with E-state index in [0.29, 0.717) is 0 Å². The second kappa shape index (κ2) is 5.23. The summed E-state index contributed by atoms with van der Waals surface area (Å²) in [6, 6.07) is 8.33. The van der Waals surface area contributed by atoms with Gasteiger partial charge in [-0.3, -0.25) is 4.68 Å². The van der Waals surface area contributed by atoms with Crippen LogP contribution in [-0.4, -0.2) is 23.9 Å². The molecule has 1 N–H and O–H groups in total. The lowest BCUT2D eigenvalue weighted by Gasteiger charge is -2.12. The Morgan fingerprint density at radius 2 is 1.94 bits per heavy atom. The van der Waals surface area contributed by atoms with E-state index in [1.54, 1.807) is 7.11 Å². The van der Waals surface area contributed by atoms with Crippen LogP contribution < -0.4 is 10.1 Å². The molecule has 0 bridgehead atoms. The molecule has 1 atom stereocenters. The van der Waals surface area contributed by atoms with Gasteiger partial charge in [0.15, 0.2) is 0 Å². The van der Waals surface area contributed by atoms with Crippen LogP contribution >= 0.6 is 0 Å². The molecular weight excluding hydrogens is 226 g/mol. The van der Waals surface area contributed by atoms with E-state index in [2.05, 4.69) is 29.5 Å². The smallest absolute Gasteiger partial charge is 0.118 e. The average molecular weight is 245 g/mol. The van der Waals surface area contributed by atoms with Crippen molar-refractivity contribution in [1.29, 1.82) is 0 Å². The molecule has 0 aliphatic rings. The fourth-order valence-electron chi connectivity index (χ4n) is 2.03. The molecule has 0 aliphatic heterocycles. The molecule has 4 heteroatoms. The molecule has 0 saturated carbocycles. The number of nitrogens with zero attached hydrogens (tertiary/aromatic N) is 2. The normalized spacial score (nSPS) is 12.4. The third kappa shape index (κ3) is 2.24. The first-order valence-corrected chi connectivity index (χ1v) is 6.01. The number of nitrogens with one attached hydrogen (secondary N) is 1. The molecule has 2 rings (SSSR count). The van der Waals surface area contributed by atoms with Gasteiger partial charge in [-0.15, -0.1) is 0 Å². The summed E-state index contributed by atoms with van der Waals surface area (Å²) in [6.45, 7) is 2.13. The topological polar surface area (TPSA) is 39.1 Å². The SMILES string of the molecule is CNC(C)c1cnn(C)c1-c1ccc(OC)cc1. The number of methoxy groups -OCH3 is 1. The third-order valence-electron chi connectivity index (χ3n) is 3.23. The van der Waals surface area contributed by atoms with Gasteiger partial charge in [-0.25, -0.2) is 0 Å². The van der Waals surface area contributed by atoms with Crippen molar-refractivity contribution in [1.82, 2.24) is 15.1 Å². The molecule has 96 valence electrons. The Morgan fingerprint density at radius 3 is 2.50 bits per heavy atom. The summed E-state index contributed by atoms with van der Waals surface area (Å²) < 4.78 is 7.09. The van der Waals surface area contributed by atoms with Gasteiger partial charge >= 0.3 is 0 Å². The van der Waals surface area contributed by atoms with E-state index >= 15 is 0 Å². The summed E-state index contributed by atoms with van der Waals surface area (Å²) in [6.07, 6.45) is 1.92. The average Bonchev–Trinajstić information content (AvgIpc) is 2.80. The Hall–Kier alpha value is -1.81. The zero-order valence-electron chi connectivity index (χ0n) is 11.3. The number of benzene rings is 1. The molecule has 1 unspecified atom stereocenters. The number of aromatic nitrogens is 2. The molecule has 18 heavy (non-hydrogen) atoms. The first-order valence-electron chi connectivity index (χ1n) is 6.01. The molecule has 0 spiro atoms. The van der Waals surface area contributed by atoms with Gasteiger partial charge in [0, 0.05) is 24.2 Å². The molecule has 0 fully saturated rings. The van der Waals surface area contributed by atoms with Crippen LogP contribution in [0.1, 0.15) is 18.5 Å². The molecular formula is C14H19N3O. The van der Waals surface area contributed by atoms with Crippen LogP contribution in [-0.2, 0) is 7.05 Å². The molecule has 0 amide bonds. The van der Waals surface area contributed by atoms with Gasteiger partial charge in [0.25, 0.3) is 0 Å². The predicted octanol–water partition coefficient (Wildman–Crippen LogP) is 2.38. The van der Waals surface area contributed by atoms with Crippen molar-refractivity contribution >= 4 is 0 Å². The summed E-state index contributed by atoms with van der Waals surface area (Å²) >= 11 is 0. The molecule has 1 aromatic carbocycles. The highest BCUT2D eigenvalue weighted by Gasteiger charge is 2.15. The Kier molecular flexibility index (Phi) is 3.67. The molecule has 2 aromatic rings. The maximum atomic E-state index is 5.18. The van der Waals surface area contributed by atoms with E-state index < -0.39 is 0 Å². The van der Waals surface area contributed by atoms with Gasteiger partial charge in [0.05, 0.1) is 19.0 Å². The van der Waals surface area contributed by atoms with Crippen LogP contribution in [0.3, 0.4) is 0 Å². The van der Waals surface area contributed by atoms with Crippen molar-refractivity contribution in [3.8, 4) is 17.0 Å². The van der Waals surface area contributed by atoms with Crippen LogP contribution in [0.15, 0.2) is 30.5 Å². The molecule has 1 aromatic heterocycles. The van der Waals surface area contributed by atoms with Gasteiger partial charge < -0.3 is 10.1 Å². The zero-order valence-corrected chi connectivity index (χ0v) is 11.3. The van der Waals surface area contributed by atoms with E-state index in [0.717, 1.165) is 17.0 Å². The van der Waals surface area contributed by atoms with Crippen LogP contribution in [0.25, 0.3) is 11.3 Å². The van der Waals surface area contributed by atoms with Gasteiger partial charge in [0.2, 0.25) is 0 Å². The molecule has 0 aliphatic carbocycles. The summed E-state index contributed by atoms with van der Waals surface area (Å²) in [5.41, 5.74) is 3.48. The fraction of sp³-hybridized carbons (Fsp3) is 0.357. The second-order valence-corrected chi connectivity index (χ2v) is 4.31. The summed E-state index contributed by atoms with van der Waals surface area (Å²) in [4.78, 5) is 0. The Morgan fingerprint density at radius 1 is 1.28 bits per heavy atom. The summed E-state index contributed by atoms with van der Waals surface area (Å²) in [7, 11) is 5.59. The number of rotatable bonds is 4. The highest BCUT2D eigenvalue weighted by Crippen LogP contribution is 2.28. The van der Waals surface area contributed by atoms with Crippen molar-refractivity contribution < 1.29 is 4.74 Å². The quantitative estimate of drug-likeness (QED) is 0.899. The summed E-state index contributed by atoms with van der Waals surface area (Å²) in [5, 5.41) is 7.60. The van der Waals surface area contributed by atoms with Crippen molar-refractivity contribution in [2.75, 3.05) is 14.2 Å². The predicted molar refractivity (Wildman–Crippen MR) is 72.7 cm³/mol. The minimum absolute atomic E-state index is 0.274. The Balaban J connectivity index is 2.45. The minimum Gasteiger partial charge on any atom is -0.497 e. The maximum Gasteiger partial charge on any atom is 0.118 e. The van der Waals surface area contributed by atoms with Crippen LogP contribution in [0, 0.1) is 0 Å². The zero-order chi connectivity index (χ0) is 13.1. The Bertz CT molecular complexity index is 516. The van der Waals surface area contributed by atoms with E-state index in [-0.39, 0.29) is 6.04 Å². The van der Waals surface area contributed by atoms with E-state index in [1.807, 2.05) is 37.1 Å². The molecule has 4 nitrogen and oxygen atoms in total. The Labute approximate surface area is 108 Å². The second-order valence-electron chi connectivity index (χ2n) is 4.31. The van der Waals surface area contributed by atoms with E-state index in [1.165, 1.54) is 5.56 Å². The molecule has 0 radical (unpaired) electrons. The largest absolute Gasteiger partial charge is 0.497 e. The van der Waals surface area contributed by atoms with Crippen molar-refractivity contribution in [2.45, 2.75) is 13.0 Å². The van der Waals surface area contributed by atoms with Crippen molar-refractivity contribution in [2.24, 2.45) is 7.05 Å². The lowest BCUT2D eigenvalue weighted by atomic mass is 10.0. The van der Waals surface area contributed by atoms with Gasteiger partial charge in [-0.1, -0.05) is 0 Å². The molecule has 0 saturated heterocycles.